The molecule has 2 amide bonds. The van der Waals surface area contributed by atoms with Crippen molar-refractivity contribution in [2.75, 3.05) is 26.7 Å². The Morgan fingerprint density at radius 3 is 2.57 bits per heavy atom. The smallest absolute Gasteiger partial charge is 0.317 e. The van der Waals surface area contributed by atoms with Crippen molar-refractivity contribution in [3.05, 3.63) is 34.9 Å². The van der Waals surface area contributed by atoms with E-state index >= 15 is 0 Å². The van der Waals surface area contributed by atoms with Crippen molar-refractivity contribution >= 4 is 17.6 Å². The second-order valence-corrected chi connectivity index (χ2v) is 6.79. The predicted octanol–water partition coefficient (Wildman–Crippen LogP) is 2.33. The van der Waals surface area contributed by atoms with E-state index in [0.717, 1.165) is 37.5 Å². The van der Waals surface area contributed by atoms with Gasteiger partial charge in [-0.3, -0.25) is 4.90 Å². The summed E-state index contributed by atoms with van der Waals surface area (Å²) < 4.78 is 0. The van der Waals surface area contributed by atoms with E-state index < -0.39 is 6.10 Å². The van der Waals surface area contributed by atoms with Crippen LogP contribution in [0.25, 0.3) is 0 Å². The van der Waals surface area contributed by atoms with Gasteiger partial charge in [-0.1, -0.05) is 23.7 Å². The maximum atomic E-state index is 12.0. The largest absolute Gasteiger partial charge is 0.392 e. The maximum absolute atomic E-state index is 12.0. The van der Waals surface area contributed by atoms with Gasteiger partial charge in [0, 0.05) is 44.3 Å². The number of carbonyl (C=O) groups is 1. The maximum Gasteiger partial charge on any atom is 0.317 e. The molecule has 1 saturated heterocycles. The molecule has 5 nitrogen and oxygen atoms in total. The minimum absolute atomic E-state index is 0.109. The first-order valence-electron chi connectivity index (χ1n) is 8.10. The minimum atomic E-state index is -0.507. The Balaban J connectivity index is 1.73. The Labute approximate surface area is 143 Å². The molecule has 1 aromatic rings. The molecule has 1 atom stereocenters. The molecule has 1 heterocycles. The Morgan fingerprint density at radius 2 is 2.00 bits per heavy atom. The van der Waals surface area contributed by atoms with E-state index in [0.29, 0.717) is 6.54 Å². The zero-order valence-corrected chi connectivity index (χ0v) is 14.6. The molecule has 1 aliphatic heterocycles. The second-order valence-electron chi connectivity index (χ2n) is 6.36. The number of piperidine rings is 1. The number of likely N-dealkylation sites (N-methyl/N-ethyl adjacent to an activating group) is 1. The molecule has 1 unspecified atom stereocenters. The highest BCUT2D eigenvalue weighted by Crippen LogP contribution is 2.16. The Hall–Kier alpha value is -1.30. The van der Waals surface area contributed by atoms with Crippen LogP contribution in [0.3, 0.4) is 0 Å². The molecule has 1 aromatic carbocycles. The van der Waals surface area contributed by atoms with Crippen molar-refractivity contribution in [3.63, 3.8) is 0 Å². The van der Waals surface area contributed by atoms with Crippen LogP contribution in [0.2, 0.25) is 5.02 Å². The molecular formula is C17H26ClN3O2. The number of benzene rings is 1. The van der Waals surface area contributed by atoms with Crippen LogP contribution in [-0.2, 0) is 6.54 Å². The number of likely N-dealkylation sites (tertiary alicyclic amines) is 1. The summed E-state index contributed by atoms with van der Waals surface area (Å²) in [6.07, 6.45) is 1.39. The quantitative estimate of drug-likeness (QED) is 0.865. The number of hydrogen-bond donors (Lipinski definition) is 2. The lowest BCUT2D eigenvalue weighted by atomic mass is 10.0. The van der Waals surface area contributed by atoms with Gasteiger partial charge in [0.15, 0.2) is 0 Å². The average molecular weight is 340 g/mol. The normalized spacial score (nSPS) is 17.7. The topological polar surface area (TPSA) is 55.8 Å². The average Bonchev–Trinajstić information content (AvgIpc) is 2.51. The number of hydrogen-bond acceptors (Lipinski definition) is 3. The fourth-order valence-electron chi connectivity index (χ4n) is 2.85. The highest BCUT2D eigenvalue weighted by atomic mass is 35.5. The van der Waals surface area contributed by atoms with Gasteiger partial charge >= 0.3 is 6.03 Å². The standard InChI is InChI=1S/C17H26ClN3O2/c1-13(22)11-20(2)17(23)19-16-7-9-21(10-8-16)12-14-3-5-15(18)6-4-14/h3-6,13,16,22H,7-12H2,1-2H3,(H,19,23). The van der Waals surface area contributed by atoms with Gasteiger partial charge in [-0.05, 0) is 37.5 Å². The van der Waals surface area contributed by atoms with Crippen LogP contribution in [0.1, 0.15) is 25.3 Å². The zero-order valence-electron chi connectivity index (χ0n) is 13.8. The third-order valence-corrected chi connectivity index (χ3v) is 4.37. The van der Waals surface area contributed by atoms with E-state index in [1.54, 1.807) is 14.0 Å². The van der Waals surface area contributed by atoms with Crippen molar-refractivity contribution in [2.45, 2.75) is 38.5 Å². The van der Waals surface area contributed by atoms with Crippen molar-refractivity contribution in [2.24, 2.45) is 0 Å². The number of aliphatic hydroxyl groups is 1. The van der Waals surface area contributed by atoms with Crippen LogP contribution in [0, 0.1) is 0 Å². The van der Waals surface area contributed by atoms with Crippen molar-refractivity contribution < 1.29 is 9.90 Å². The summed E-state index contributed by atoms with van der Waals surface area (Å²) in [5.74, 6) is 0. The first kappa shape index (κ1) is 18.0. The van der Waals surface area contributed by atoms with Crippen LogP contribution in [-0.4, -0.2) is 59.8 Å². The molecule has 0 saturated carbocycles. The van der Waals surface area contributed by atoms with Crippen LogP contribution >= 0.6 is 11.6 Å². The van der Waals surface area contributed by atoms with Crippen molar-refractivity contribution in [1.29, 1.82) is 0 Å². The van der Waals surface area contributed by atoms with Crippen LogP contribution in [0.4, 0.5) is 4.79 Å². The first-order chi connectivity index (χ1) is 10.9. The summed E-state index contributed by atoms with van der Waals surface area (Å²) in [4.78, 5) is 16.0. The molecule has 1 fully saturated rings. The number of rotatable bonds is 5. The predicted molar refractivity (Wildman–Crippen MR) is 92.6 cm³/mol. The lowest BCUT2D eigenvalue weighted by Crippen LogP contribution is -2.49. The molecule has 128 valence electrons. The highest BCUT2D eigenvalue weighted by molar-refractivity contribution is 6.30. The summed E-state index contributed by atoms with van der Waals surface area (Å²) in [7, 11) is 1.71. The number of nitrogens with one attached hydrogen (secondary N) is 1. The molecule has 0 aliphatic carbocycles. The first-order valence-corrected chi connectivity index (χ1v) is 8.48. The molecule has 0 aromatic heterocycles. The van der Waals surface area contributed by atoms with E-state index in [1.165, 1.54) is 10.5 Å². The van der Waals surface area contributed by atoms with Gasteiger partial charge in [0.1, 0.15) is 0 Å². The monoisotopic (exact) mass is 339 g/mol. The molecule has 2 rings (SSSR count). The zero-order chi connectivity index (χ0) is 16.8. The summed E-state index contributed by atoms with van der Waals surface area (Å²) in [6, 6.07) is 8.05. The molecular weight excluding hydrogens is 314 g/mol. The second kappa shape index (κ2) is 8.52. The number of aliphatic hydroxyl groups excluding tert-OH is 1. The summed E-state index contributed by atoms with van der Waals surface area (Å²) in [6.45, 7) is 4.88. The van der Waals surface area contributed by atoms with Gasteiger partial charge in [-0.25, -0.2) is 4.79 Å². The number of nitrogens with zero attached hydrogens (tertiary/aromatic N) is 2. The SMILES string of the molecule is CC(O)CN(C)C(=O)NC1CCN(Cc2ccc(Cl)cc2)CC1. The van der Waals surface area contributed by atoms with Crippen LogP contribution in [0.5, 0.6) is 0 Å². The minimum Gasteiger partial charge on any atom is -0.392 e. The van der Waals surface area contributed by atoms with Gasteiger partial charge in [0.05, 0.1) is 6.10 Å². The number of carbonyl (C=O) groups excluding carboxylic acids is 1. The van der Waals surface area contributed by atoms with E-state index in [2.05, 4.69) is 22.3 Å². The Bertz CT molecular complexity index is 499. The summed E-state index contributed by atoms with van der Waals surface area (Å²) in [5.41, 5.74) is 1.26. The van der Waals surface area contributed by atoms with Gasteiger partial charge in [0.25, 0.3) is 0 Å². The fourth-order valence-corrected chi connectivity index (χ4v) is 2.97. The van der Waals surface area contributed by atoms with E-state index in [-0.39, 0.29) is 12.1 Å². The van der Waals surface area contributed by atoms with Crippen LogP contribution in [0.15, 0.2) is 24.3 Å². The molecule has 0 spiro atoms. The fraction of sp³-hybridized carbons (Fsp3) is 0.588. The van der Waals surface area contributed by atoms with Gasteiger partial charge in [0.2, 0.25) is 0 Å². The van der Waals surface area contributed by atoms with Gasteiger partial charge in [-0.2, -0.15) is 0 Å². The molecule has 0 bridgehead atoms. The van der Waals surface area contributed by atoms with Crippen molar-refractivity contribution in [1.82, 2.24) is 15.1 Å². The van der Waals surface area contributed by atoms with E-state index in [4.69, 9.17) is 11.6 Å². The molecule has 2 N–H and O–H groups in total. The lowest BCUT2D eigenvalue weighted by Gasteiger charge is -2.33. The third kappa shape index (κ3) is 6.01. The number of amides is 2. The summed E-state index contributed by atoms with van der Waals surface area (Å²) in [5, 5.41) is 13.1. The molecule has 1 aliphatic rings. The molecule has 23 heavy (non-hydrogen) atoms. The van der Waals surface area contributed by atoms with Crippen molar-refractivity contribution in [3.8, 4) is 0 Å². The molecule has 0 radical (unpaired) electrons. The number of urea groups is 1. The van der Waals surface area contributed by atoms with E-state index in [1.807, 2.05) is 12.1 Å². The summed E-state index contributed by atoms with van der Waals surface area (Å²) >= 11 is 5.91. The van der Waals surface area contributed by atoms with E-state index in [9.17, 15) is 9.90 Å². The third-order valence-electron chi connectivity index (χ3n) is 4.12. The van der Waals surface area contributed by atoms with Gasteiger partial charge in [-0.15, -0.1) is 0 Å². The lowest BCUT2D eigenvalue weighted by molar-refractivity contribution is 0.137. The van der Waals surface area contributed by atoms with Crippen LogP contribution < -0.4 is 5.32 Å². The highest BCUT2D eigenvalue weighted by Gasteiger charge is 2.22. The number of halogens is 1. The molecule has 6 heteroatoms. The van der Waals surface area contributed by atoms with Gasteiger partial charge < -0.3 is 15.3 Å². The Morgan fingerprint density at radius 1 is 1.39 bits per heavy atom. The Kier molecular flexibility index (Phi) is 6.69.